The molecule has 0 saturated heterocycles. The van der Waals surface area contributed by atoms with Crippen molar-refractivity contribution in [3.63, 3.8) is 0 Å². The molecule has 1 unspecified atom stereocenters. The first-order chi connectivity index (χ1) is 7.95. The number of nitrogen functional groups attached to an aromatic ring is 1. The van der Waals surface area contributed by atoms with Gasteiger partial charge in [-0.05, 0) is 24.6 Å². The first-order valence-electron chi connectivity index (χ1n) is 4.98. The molecule has 1 aromatic rings. The monoisotopic (exact) mass is 239 g/mol. The Morgan fingerprint density at radius 3 is 2.53 bits per heavy atom. The molecule has 6 nitrogen and oxygen atoms in total. The number of aliphatic carboxylic acids is 1. The second-order valence-corrected chi connectivity index (χ2v) is 3.41. The van der Waals surface area contributed by atoms with Gasteiger partial charge in [-0.3, -0.25) is 0 Å². The number of carbonyl (C=O) groups is 2. The lowest BCUT2D eigenvalue weighted by atomic mass is 10.1. The van der Waals surface area contributed by atoms with Gasteiger partial charge in [-0.15, -0.1) is 0 Å². The molecule has 0 spiro atoms. The zero-order valence-corrected chi connectivity index (χ0v) is 9.21. The molecule has 0 fully saturated rings. The summed E-state index contributed by atoms with van der Waals surface area (Å²) in [4.78, 5) is 21.6. The molecule has 0 aliphatic heterocycles. The highest BCUT2D eigenvalue weighted by Crippen LogP contribution is 2.21. The summed E-state index contributed by atoms with van der Waals surface area (Å²) in [5.41, 5.74) is 5.46. The highest BCUT2D eigenvalue weighted by molar-refractivity contribution is 5.94. The van der Waals surface area contributed by atoms with Crippen LogP contribution in [0.15, 0.2) is 18.2 Å². The first kappa shape index (κ1) is 12.8. The molecule has 0 aromatic heterocycles. The predicted molar refractivity (Wildman–Crippen MR) is 60.2 cm³/mol. The van der Waals surface area contributed by atoms with E-state index in [2.05, 4.69) is 0 Å². The van der Waals surface area contributed by atoms with E-state index in [-0.39, 0.29) is 23.4 Å². The lowest BCUT2D eigenvalue weighted by molar-refractivity contribution is -0.145. The number of carboxylic acids is 2. The first-order valence-corrected chi connectivity index (χ1v) is 4.98. The van der Waals surface area contributed by atoms with E-state index in [1.807, 2.05) is 0 Å². The molecule has 6 heteroatoms. The molecule has 92 valence electrons. The number of nitrogens with two attached hydrogens (primary N) is 1. The van der Waals surface area contributed by atoms with Crippen molar-refractivity contribution in [2.75, 3.05) is 5.73 Å². The second-order valence-electron chi connectivity index (χ2n) is 3.41. The third kappa shape index (κ3) is 3.10. The van der Waals surface area contributed by atoms with E-state index < -0.39 is 18.0 Å². The average Bonchev–Trinajstić information content (AvgIpc) is 2.27. The molecular formula is C11H13NO5. The molecule has 1 aromatic carbocycles. The predicted octanol–water partition coefficient (Wildman–Crippen LogP) is 1.21. The molecule has 0 amide bonds. The standard InChI is InChI=1S/C11H13NO5/c1-2-9(11(15)16)17-6-3-4-8(12)7(5-6)10(13)14/h3-5,9H,2,12H2,1H3,(H,13,14)(H,15,16). The fourth-order valence-corrected chi connectivity index (χ4v) is 1.27. The van der Waals surface area contributed by atoms with Crippen molar-refractivity contribution in [2.24, 2.45) is 0 Å². The summed E-state index contributed by atoms with van der Waals surface area (Å²) in [6.07, 6.45) is -0.720. The van der Waals surface area contributed by atoms with Gasteiger partial charge in [-0.1, -0.05) is 6.92 Å². The fourth-order valence-electron chi connectivity index (χ4n) is 1.27. The normalized spacial score (nSPS) is 11.8. The molecule has 4 N–H and O–H groups in total. The van der Waals surface area contributed by atoms with Crippen LogP contribution in [0.4, 0.5) is 5.69 Å². The van der Waals surface area contributed by atoms with Crippen molar-refractivity contribution in [1.82, 2.24) is 0 Å². The largest absolute Gasteiger partial charge is 0.479 e. The lowest BCUT2D eigenvalue weighted by Crippen LogP contribution is -2.26. The summed E-state index contributed by atoms with van der Waals surface area (Å²) in [5, 5.41) is 17.6. The number of carboxylic acid groups (broad SMARTS) is 2. The minimum absolute atomic E-state index is 0.105. The molecule has 0 aliphatic carbocycles. The molecule has 0 bridgehead atoms. The lowest BCUT2D eigenvalue weighted by Gasteiger charge is -2.13. The quantitative estimate of drug-likeness (QED) is 0.666. The van der Waals surface area contributed by atoms with Gasteiger partial charge in [-0.2, -0.15) is 0 Å². The van der Waals surface area contributed by atoms with Crippen molar-refractivity contribution in [3.05, 3.63) is 23.8 Å². The van der Waals surface area contributed by atoms with Crippen molar-refractivity contribution < 1.29 is 24.5 Å². The van der Waals surface area contributed by atoms with Gasteiger partial charge < -0.3 is 20.7 Å². The molecule has 1 rings (SSSR count). The van der Waals surface area contributed by atoms with Crippen LogP contribution in [0, 0.1) is 0 Å². The van der Waals surface area contributed by atoms with Gasteiger partial charge in [0.15, 0.2) is 6.10 Å². The van der Waals surface area contributed by atoms with Gasteiger partial charge in [0, 0.05) is 5.69 Å². The summed E-state index contributed by atoms with van der Waals surface area (Å²) in [5.74, 6) is -2.11. The fraction of sp³-hybridized carbons (Fsp3) is 0.273. The highest BCUT2D eigenvalue weighted by Gasteiger charge is 2.18. The Kier molecular flexibility index (Phi) is 3.92. The van der Waals surface area contributed by atoms with Crippen LogP contribution < -0.4 is 10.5 Å². The van der Waals surface area contributed by atoms with Gasteiger partial charge >= 0.3 is 11.9 Å². The zero-order chi connectivity index (χ0) is 13.0. The Labute approximate surface area is 97.6 Å². The van der Waals surface area contributed by atoms with E-state index in [1.165, 1.54) is 18.2 Å². The van der Waals surface area contributed by atoms with Crippen LogP contribution in [0.2, 0.25) is 0 Å². The number of rotatable bonds is 5. The SMILES string of the molecule is CCC(Oc1ccc(N)c(C(=O)O)c1)C(=O)O. The van der Waals surface area contributed by atoms with Crippen LogP contribution in [0.5, 0.6) is 5.75 Å². The summed E-state index contributed by atoms with van der Waals surface area (Å²) in [7, 11) is 0. The molecule has 0 radical (unpaired) electrons. The van der Waals surface area contributed by atoms with E-state index in [0.29, 0.717) is 0 Å². The topological polar surface area (TPSA) is 110 Å². The van der Waals surface area contributed by atoms with E-state index in [9.17, 15) is 9.59 Å². The molecular weight excluding hydrogens is 226 g/mol. The van der Waals surface area contributed by atoms with Crippen LogP contribution >= 0.6 is 0 Å². The van der Waals surface area contributed by atoms with E-state index in [4.69, 9.17) is 20.7 Å². The maximum atomic E-state index is 10.8. The van der Waals surface area contributed by atoms with Crippen molar-refractivity contribution in [3.8, 4) is 5.75 Å². The van der Waals surface area contributed by atoms with Crippen LogP contribution in [0.1, 0.15) is 23.7 Å². The number of aromatic carboxylic acids is 1. The maximum absolute atomic E-state index is 10.8. The summed E-state index contributed by atoms with van der Waals surface area (Å²) < 4.78 is 5.15. The number of benzene rings is 1. The van der Waals surface area contributed by atoms with Crippen LogP contribution in [0.3, 0.4) is 0 Å². The van der Waals surface area contributed by atoms with Crippen LogP contribution in [-0.4, -0.2) is 28.3 Å². The highest BCUT2D eigenvalue weighted by atomic mass is 16.5. The van der Waals surface area contributed by atoms with Gasteiger partial charge in [0.1, 0.15) is 5.75 Å². The molecule has 0 heterocycles. The average molecular weight is 239 g/mol. The smallest absolute Gasteiger partial charge is 0.344 e. The maximum Gasteiger partial charge on any atom is 0.344 e. The van der Waals surface area contributed by atoms with Gasteiger partial charge in [0.2, 0.25) is 0 Å². The number of anilines is 1. The van der Waals surface area contributed by atoms with E-state index in [1.54, 1.807) is 6.92 Å². The van der Waals surface area contributed by atoms with Crippen LogP contribution in [-0.2, 0) is 4.79 Å². The van der Waals surface area contributed by atoms with Crippen molar-refractivity contribution in [1.29, 1.82) is 0 Å². The molecule has 1 atom stereocenters. The third-order valence-corrected chi connectivity index (χ3v) is 2.18. The molecule has 17 heavy (non-hydrogen) atoms. The Balaban J connectivity index is 2.96. The Morgan fingerprint density at radius 2 is 2.06 bits per heavy atom. The second kappa shape index (κ2) is 5.20. The van der Waals surface area contributed by atoms with Crippen molar-refractivity contribution >= 4 is 17.6 Å². The van der Waals surface area contributed by atoms with Gasteiger partial charge in [0.25, 0.3) is 0 Å². The summed E-state index contributed by atoms with van der Waals surface area (Å²) >= 11 is 0. The number of hydrogen-bond acceptors (Lipinski definition) is 4. The summed E-state index contributed by atoms with van der Waals surface area (Å²) in [6.45, 7) is 1.66. The Hall–Kier alpha value is -2.24. The van der Waals surface area contributed by atoms with Gasteiger partial charge in [0.05, 0.1) is 5.56 Å². The molecule has 0 saturated carbocycles. The Bertz CT molecular complexity index is 443. The minimum Gasteiger partial charge on any atom is -0.479 e. The number of hydrogen-bond donors (Lipinski definition) is 3. The van der Waals surface area contributed by atoms with Crippen LogP contribution in [0.25, 0.3) is 0 Å². The van der Waals surface area contributed by atoms with E-state index in [0.717, 1.165) is 0 Å². The van der Waals surface area contributed by atoms with Crippen molar-refractivity contribution in [2.45, 2.75) is 19.4 Å². The Morgan fingerprint density at radius 1 is 1.41 bits per heavy atom. The minimum atomic E-state index is -1.18. The molecule has 0 aliphatic rings. The third-order valence-electron chi connectivity index (χ3n) is 2.18. The number of ether oxygens (including phenoxy) is 1. The van der Waals surface area contributed by atoms with Gasteiger partial charge in [-0.25, -0.2) is 9.59 Å². The zero-order valence-electron chi connectivity index (χ0n) is 9.21. The van der Waals surface area contributed by atoms with E-state index >= 15 is 0 Å². The summed E-state index contributed by atoms with van der Waals surface area (Å²) in [6, 6.07) is 4.02.